The molecule has 6 heteroatoms. The Labute approximate surface area is 133 Å². The molecule has 2 amide bonds. The third-order valence-corrected chi connectivity index (χ3v) is 4.02. The summed E-state index contributed by atoms with van der Waals surface area (Å²) in [6.45, 7) is 4.90. The van der Waals surface area contributed by atoms with Crippen molar-refractivity contribution < 1.29 is 9.59 Å². The molecule has 1 aliphatic carbocycles. The van der Waals surface area contributed by atoms with Gasteiger partial charge in [0.1, 0.15) is 0 Å². The van der Waals surface area contributed by atoms with E-state index in [0.717, 1.165) is 38.3 Å². The van der Waals surface area contributed by atoms with Crippen LogP contribution in [-0.4, -0.2) is 48.9 Å². The fraction of sp³-hybridized carbons (Fsp3) is 0.867. The second-order valence-corrected chi connectivity index (χ2v) is 6.07. The quantitative estimate of drug-likeness (QED) is 0.744. The number of amides is 2. The van der Waals surface area contributed by atoms with Gasteiger partial charge < -0.3 is 15.5 Å². The molecular weight excluding hydrogens is 290 g/mol. The Morgan fingerprint density at radius 2 is 2.00 bits per heavy atom. The first kappa shape index (κ1) is 18.2. The minimum absolute atomic E-state index is 0. The van der Waals surface area contributed by atoms with Crippen LogP contribution in [0.4, 0.5) is 0 Å². The van der Waals surface area contributed by atoms with E-state index in [-0.39, 0.29) is 30.3 Å². The maximum atomic E-state index is 12.1. The van der Waals surface area contributed by atoms with Gasteiger partial charge in [-0.05, 0) is 44.6 Å². The van der Waals surface area contributed by atoms with Crippen molar-refractivity contribution in [1.29, 1.82) is 0 Å². The van der Waals surface area contributed by atoms with E-state index in [9.17, 15) is 9.59 Å². The van der Waals surface area contributed by atoms with E-state index >= 15 is 0 Å². The molecule has 1 aliphatic heterocycles. The number of nitrogens with one attached hydrogen (secondary N) is 2. The minimum Gasteiger partial charge on any atom is -0.352 e. The normalized spacial score (nSPS) is 21.6. The third-order valence-electron chi connectivity index (χ3n) is 4.02. The monoisotopic (exact) mass is 317 g/mol. The summed E-state index contributed by atoms with van der Waals surface area (Å²) in [6.07, 6.45) is 6.01. The molecule has 1 unspecified atom stereocenters. The van der Waals surface area contributed by atoms with Crippen molar-refractivity contribution in [2.75, 3.05) is 26.2 Å². The second kappa shape index (κ2) is 9.26. The number of halogens is 1. The van der Waals surface area contributed by atoms with E-state index in [1.165, 1.54) is 12.8 Å². The van der Waals surface area contributed by atoms with Gasteiger partial charge in [0, 0.05) is 25.6 Å². The van der Waals surface area contributed by atoms with Gasteiger partial charge in [-0.2, -0.15) is 0 Å². The maximum absolute atomic E-state index is 12.1. The van der Waals surface area contributed by atoms with Crippen LogP contribution in [-0.2, 0) is 9.59 Å². The average Bonchev–Trinajstić information content (AvgIpc) is 3.23. The molecule has 1 saturated heterocycles. The van der Waals surface area contributed by atoms with Gasteiger partial charge >= 0.3 is 0 Å². The van der Waals surface area contributed by atoms with Crippen LogP contribution in [0.25, 0.3) is 0 Å². The highest BCUT2D eigenvalue weighted by molar-refractivity contribution is 5.85. The number of hydrogen-bond donors (Lipinski definition) is 2. The Hall–Kier alpha value is -0.810. The summed E-state index contributed by atoms with van der Waals surface area (Å²) in [5.41, 5.74) is 0. The molecule has 0 aromatic heterocycles. The molecule has 2 fully saturated rings. The van der Waals surface area contributed by atoms with Gasteiger partial charge in [-0.3, -0.25) is 9.59 Å². The number of likely N-dealkylation sites (tertiary alicyclic amines) is 1. The second-order valence-electron chi connectivity index (χ2n) is 6.07. The summed E-state index contributed by atoms with van der Waals surface area (Å²) in [6, 6.07) is 0.134. The summed E-state index contributed by atoms with van der Waals surface area (Å²) in [4.78, 5) is 25.6. The zero-order chi connectivity index (χ0) is 14.4. The fourth-order valence-corrected chi connectivity index (χ4v) is 2.67. The van der Waals surface area contributed by atoms with Crippen LogP contribution in [0.2, 0.25) is 0 Å². The van der Waals surface area contributed by atoms with Crippen molar-refractivity contribution >= 4 is 24.2 Å². The van der Waals surface area contributed by atoms with E-state index in [1.807, 2.05) is 11.8 Å². The van der Waals surface area contributed by atoms with E-state index in [2.05, 4.69) is 10.6 Å². The van der Waals surface area contributed by atoms with Crippen LogP contribution in [0.5, 0.6) is 0 Å². The molecule has 1 atom stereocenters. The van der Waals surface area contributed by atoms with Crippen LogP contribution in [0.1, 0.15) is 45.4 Å². The molecule has 122 valence electrons. The zero-order valence-corrected chi connectivity index (χ0v) is 13.7. The van der Waals surface area contributed by atoms with Crippen LogP contribution < -0.4 is 10.6 Å². The molecule has 5 nitrogen and oxygen atoms in total. The molecule has 2 rings (SSSR count). The minimum atomic E-state index is 0. The predicted octanol–water partition coefficient (Wildman–Crippen LogP) is 1.32. The smallest absolute Gasteiger partial charge is 0.236 e. The highest BCUT2D eigenvalue weighted by atomic mass is 35.5. The number of nitrogens with zero attached hydrogens (tertiary/aromatic N) is 1. The lowest BCUT2D eigenvalue weighted by Gasteiger charge is -2.33. The Morgan fingerprint density at radius 1 is 1.24 bits per heavy atom. The van der Waals surface area contributed by atoms with E-state index in [0.29, 0.717) is 19.5 Å². The summed E-state index contributed by atoms with van der Waals surface area (Å²) >= 11 is 0. The van der Waals surface area contributed by atoms with Crippen LogP contribution >= 0.6 is 12.4 Å². The summed E-state index contributed by atoms with van der Waals surface area (Å²) in [5, 5.41) is 6.28. The third kappa shape index (κ3) is 6.66. The molecule has 2 aliphatic rings. The Bertz CT molecular complexity index is 348. The lowest BCUT2D eigenvalue weighted by Crippen LogP contribution is -2.51. The number of piperidine rings is 1. The topological polar surface area (TPSA) is 61.4 Å². The van der Waals surface area contributed by atoms with Crippen LogP contribution in [0, 0.1) is 5.92 Å². The molecule has 21 heavy (non-hydrogen) atoms. The first-order valence-electron chi connectivity index (χ1n) is 7.97. The first-order valence-corrected chi connectivity index (χ1v) is 7.97. The van der Waals surface area contributed by atoms with Crippen LogP contribution in [0.15, 0.2) is 0 Å². The number of carbonyl (C=O) groups is 2. The van der Waals surface area contributed by atoms with Crippen molar-refractivity contribution in [3.63, 3.8) is 0 Å². The average molecular weight is 318 g/mol. The van der Waals surface area contributed by atoms with E-state index < -0.39 is 0 Å². The maximum Gasteiger partial charge on any atom is 0.236 e. The molecule has 0 radical (unpaired) electrons. The van der Waals surface area contributed by atoms with Crippen molar-refractivity contribution in [3.8, 4) is 0 Å². The van der Waals surface area contributed by atoms with E-state index in [1.54, 1.807) is 0 Å². The van der Waals surface area contributed by atoms with Gasteiger partial charge in [-0.1, -0.05) is 6.92 Å². The standard InChI is InChI=1S/C15H27N3O2.ClH/c1-2-4-14(19)17-13-5-3-8-18(11-13)15(20)10-16-9-12-6-7-12;/h12-13,16H,2-11H2,1H3,(H,17,19);1H. The van der Waals surface area contributed by atoms with Gasteiger partial charge in [0.05, 0.1) is 6.54 Å². The Morgan fingerprint density at radius 3 is 2.67 bits per heavy atom. The molecule has 0 bridgehead atoms. The summed E-state index contributed by atoms with van der Waals surface area (Å²) in [5.74, 6) is 1.07. The molecule has 0 aromatic carbocycles. The molecule has 2 N–H and O–H groups in total. The number of carbonyl (C=O) groups excluding carboxylic acids is 2. The molecule has 0 aromatic rings. The zero-order valence-electron chi connectivity index (χ0n) is 12.9. The van der Waals surface area contributed by atoms with Crippen molar-refractivity contribution in [1.82, 2.24) is 15.5 Å². The van der Waals surface area contributed by atoms with Gasteiger partial charge in [-0.15, -0.1) is 12.4 Å². The molecule has 0 spiro atoms. The van der Waals surface area contributed by atoms with Gasteiger partial charge in [0.2, 0.25) is 11.8 Å². The lowest BCUT2D eigenvalue weighted by atomic mass is 10.1. The fourth-order valence-electron chi connectivity index (χ4n) is 2.67. The van der Waals surface area contributed by atoms with Crippen molar-refractivity contribution in [3.05, 3.63) is 0 Å². The molecule has 1 heterocycles. The van der Waals surface area contributed by atoms with E-state index in [4.69, 9.17) is 0 Å². The molecular formula is C15H28ClN3O2. The summed E-state index contributed by atoms with van der Waals surface area (Å²) in [7, 11) is 0. The van der Waals surface area contributed by atoms with Gasteiger partial charge in [0.25, 0.3) is 0 Å². The number of hydrogen-bond acceptors (Lipinski definition) is 3. The lowest BCUT2D eigenvalue weighted by molar-refractivity contribution is -0.132. The Kier molecular flexibility index (Phi) is 8.04. The van der Waals surface area contributed by atoms with Crippen molar-refractivity contribution in [2.24, 2.45) is 5.92 Å². The predicted molar refractivity (Wildman–Crippen MR) is 85.5 cm³/mol. The highest BCUT2D eigenvalue weighted by Crippen LogP contribution is 2.27. The first-order chi connectivity index (χ1) is 9.69. The molecule has 1 saturated carbocycles. The van der Waals surface area contributed by atoms with Gasteiger partial charge in [0.15, 0.2) is 0 Å². The Balaban J connectivity index is 0.00000220. The summed E-state index contributed by atoms with van der Waals surface area (Å²) < 4.78 is 0. The van der Waals surface area contributed by atoms with Crippen molar-refractivity contribution in [2.45, 2.75) is 51.5 Å². The number of rotatable bonds is 7. The van der Waals surface area contributed by atoms with Gasteiger partial charge in [-0.25, -0.2) is 0 Å². The highest BCUT2D eigenvalue weighted by Gasteiger charge is 2.25. The van der Waals surface area contributed by atoms with Crippen LogP contribution in [0.3, 0.4) is 0 Å². The largest absolute Gasteiger partial charge is 0.352 e. The SMILES string of the molecule is CCCC(=O)NC1CCCN(C(=O)CNCC2CC2)C1.Cl.